The molecule has 1 aromatic rings. The number of hydrogen-bond donors (Lipinski definition) is 0. The van der Waals surface area contributed by atoms with Crippen LogP contribution in [0, 0.1) is 0 Å². The van der Waals surface area contributed by atoms with Gasteiger partial charge in [0.2, 0.25) is 0 Å². The smallest absolute Gasteiger partial charge is 0.264 e. The summed E-state index contributed by atoms with van der Waals surface area (Å²) in [5.74, 6) is 0.667. The van der Waals surface area contributed by atoms with E-state index in [9.17, 15) is 9.59 Å². The van der Waals surface area contributed by atoms with E-state index in [4.69, 9.17) is 9.47 Å². The van der Waals surface area contributed by atoms with Gasteiger partial charge in [-0.15, -0.1) is 0 Å². The van der Waals surface area contributed by atoms with Gasteiger partial charge in [-0.25, -0.2) is 0 Å². The number of rotatable bonds is 2. The fourth-order valence-corrected chi connectivity index (χ4v) is 2.45. The van der Waals surface area contributed by atoms with Crippen LogP contribution < -0.4 is 9.64 Å². The molecule has 0 aromatic heterocycles. The normalized spacial score (nSPS) is 20.3. The summed E-state index contributed by atoms with van der Waals surface area (Å²) < 4.78 is 10.6. The lowest BCUT2D eigenvalue weighted by molar-refractivity contribution is -0.140. The molecule has 5 heteroatoms. The van der Waals surface area contributed by atoms with Crippen molar-refractivity contribution in [1.82, 2.24) is 0 Å². The van der Waals surface area contributed by atoms with Gasteiger partial charge in [-0.1, -0.05) is 6.07 Å². The summed E-state index contributed by atoms with van der Waals surface area (Å²) in [5, 5.41) is 0. The van der Waals surface area contributed by atoms with E-state index in [-0.39, 0.29) is 18.3 Å². The van der Waals surface area contributed by atoms with Crippen LogP contribution in [0.5, 0.6) is 5.75 Å². The van der Waals surface area contributed by atoms with Gasteiger partial charge in [0.05, 0.1) is 18.9 Å². The number of carbonyl (C=O) groups is 2. The summed E-state index contributed by atoms with van der Waals surface area (Å²) >= 11 is 0. The van der Waals surface area contributed by atoms with Crippen molar-refractivity contribution in [3.05, 3.63) is 23.8 Å². The van der Waals surface area contributed by atoms with Gasteiger partial charge < -0.3 is 14.4 Å². The highest BCUT2D eigenvalue weighted by molar-refractivity contribution is 5.98. The molecular formula is C14H15NO4. The Morgan fingerprint density at radius 1 is 1.37 bits per heavy atom. The fourth-order valence-electron chi connectivity index (χ4n) is 2.45. The van der Waals surface area contributed by atoms with Crippen molar-refractivity contribution in [3.8, 4) is 5.75 Å². The van der Waals surface area contributed by atoms with Gasteiger partial charge in [0.1, 0.15) is 16.9 Å². The van der Waals surface area contributed by atoms with Gasteiger partial charge in [-0.2, -0.15) is 0 Å². The van der Waals surface area contributed by atoms with Crippen LogP contribution in [0.3, 0.4) is 0 Å². The molecule has 2 heterocycles. The molecule has 1 aromatic carbocycles. The molecule has 3 rings (SSSR count). The van der Waals surface area contributed by atoms with Crippen molar-refractivity contribution in [1.29, 1.82) is 0 Å². The maximum atomic E-state index is 11.9. The van der Waals surface area contributed by atoms with Crippen LogP contribution in [0.15, 0.2) is 18.2 Å². The van der Waals surface area contributed by atoms with Crippen molar-refractivity contribution >= 4 is 17.4 Å². The van der Waals surface area contributed by atoms with Gasteiger partial charge in [-0.3, -0.25) is 9.59 Å². The SMILES string of the molecule is CC(=O)C1(c2ccc3c(c2)N(C)C(=O)CO3)COC1. The van der Waals surface area contributed by atoms with Crippen molar-refractivity contribution < 1.29 is 19.1 Å². The molecule has 1 amide bonds. The summed E-state index contributed by atoms with van der Waals surface area (Å²) in [4.78, 5) is 25.1. The van der Waals surface area contributed by atoms with Crippen molar-refractivity contribution in [3.63, 3.8) is 0 Å². The molecule has 1 fully saturated rings. The highest BCUT2D eigenvalue weighted by Crippen LogP contribution is 2.39. The first kappa shape index (κ1) is 12.2. The molecule has 2 aliphatic rings. The lowest BCUT2D eigenvalue weighted by atomic mass is 9.75. The summed E-state index contributed by atoms with van der Waals surface area (Å²) in [7, 11) is 1.71. The van der Waals surface area contributed by atoms with Crippen molar-refractivity contribution in [2.24, 2.45) is 0 Å². The van der Waals surface area contributed by atoms with Gasteiger partial charge in [0.15, 0.2) is 6.61 Å². The number of Topliss-reactive ketones (excluding diaryl/α,β-unsaturated/α-hetero) is 1. The average molecular weight is 261 g/mol. The standard InChI is InChI=1S/C14H15NO4/c1-9(16)14(7-18-8-14)10-3-4-12-11(5-10)15(2)13(17)6-19-12/h3-5H,6-8H2,1-2H3. The predicted octanol–water partition coefficient (Wildman–Crippen LogP) is 0.899. The quantitative estimate of drug-likeness (QED) is 0.793. The topological polar surface area (TPSA) is 55.8 Å². The Hall–Kier alpha value is -1.88. The minimum Gasteiger partial charge on any atom is -0.482 e. The number of anilines is 1. The molecule has 1 saturated heterocycles. The number of carbonyl (C=O) groups excluding carboxylic acids is 2. The van der Waals surface area contributed by atoms with Crippen LogP contribution in [0.2, 0.25) is 0 Å². The number of ketones is 1. The van der Waals surface area contributed by atoms with Gasteiger partial charge in [-0.05, 0) is 24.6 Å². The average Bonchev–Trinajstić information content (AvgIpc) is 2.32. The first-order chi connectivity index (χ1) is 9.04. The molecule has 2 aliphatic heterocycles. The Kier molecular flexibility index (Phi) is 2.60. The van der Waals surface area contributed by atoms with E-state index in [0.717, 1.165) is 5.56 Å². The Morgan fingerprint density at radius 3 is 2.68 bits per heavy atom. The molecule has 0 N–H and O–H groups in total. The molecule has 5 nitrogen and oxygen atoms in total. The van der Waals surface area contributed by atoms with Crippen LogP contribution in [-0.2, 0) is 19.7 Å². The van der Waals surface area contributed by atoms with Crippen LogP contribution in [0.1, 0.15) is 12.5 Å². The van der Waals surface area contributed by atoms with E-state index in [0.29, 0.717) is 24.7 Å². The predicted molar refractivity (Wildman–Crippen MR) is 68.5 cm³/mol. The lowest BCUT2D eigenvalue weighted by Gasteiger charge is -2.40. The molecule has 0 unspecified atom stereocenters. The molecular weight excluding hydrogens is 246 g/mol. The monoisotopic (exact) mass is 261 g/mol. The minimum absolute atomic E-state index is 0.0593. The minimum atomic E-state index is -0.559. The lowest BCUT2D eigenvalue weighted by Crippen LogP contribution is -2.52. The summed E-state index contributed by atoms with van der Waals surface area (Å²) in [6.45, 7) is 2.44. The van der Waals surface area contributed by atoms with E-state index in [2.05, 4.69) is 0 Å². The Morgan fingerprint density at radius 2 is 2.11 bits per heavy atom. The third kappa shape index (κ3) is 1.65. The maximum absolute atomic E-state index is 11.9. The molecule has 0 radical (unpaired) electrons. The molecule has 0 bridgehead atoms. The van der Waals surface area contributed by atoms with Crippen molar-refractivity contribution in [2.75, 3.05) is 31.8 Å². The third-order valence-electron chi connectivity index (χ3n) is 3.97. The van der Waals surface area contributed by atoms with Crippen LogP contribution in [0.25, 0.3) is 0 Å². The largest absolute Gasteiger partial charge is 0.482 e. The van der Waals surface area contributed by atoms with E-state index in [1.165, 1.54) is 0 Å². The number of likely N-dealkylation sites (N-methyl/N-ethyl adjacent to an activating group) is 1. The molecule has 0 atom stereocenters. The number of fused-ring (bicyclic) bond motifs is 1. The van der Waals surface area contributed by atoms with Crippen LogP contribution in [0.4, 0.5) is 5.69 Å². The number of amides is 1. The number of benzene rings is 1. The second kappa shape index (κ2) is 4.06. The molecule has 19 heavy (non-hydrogen) atoms. The maximum Gasteiger partial charge on any atom is 0.264 e. The van der Waals surface area contributed by atoms with Gasteiger partial charge in [0.25, 0.3) is 5.91 Å². The van der Waals surface area contributed by atoms with E-state index in [1.807, 2.05) is 18.2 Å². The van der Waals surface area contributed by atoms with Crippen LogP contribution in [-0.4, -0.2) is 38.6 Å². The molecule has 0 spiro atoms. The van der Waals surface area contributed by atoms with E-state index in [1.54, 1.807) is 18.9 Å². The Bertz CT molecular complexity index is 563. The second-order valence-electron chi connectivity index (χ2n) is 5.06. The number of nitrogens with zero attached hydrogens (tertiary/aromatic N) is 1. The van der Waals surface area contributed by atoms with Gasteiger partial charge >= 0.3 is 0 Å². The molecule has 100 valence electrons. The molecule has 0 aliphatic carbocycles. The summed E-state index contributed by atoms with van der Waals surface area (Å²) in [6.07, 6.45) is 0. The second-order valence-corrected chi connectivity index (χ2v) is 5.06. The number of hydrogen-bond acceptors (Lipinski definition) is 4. The van der Waals surface area contributed by atoms with Gasteiger partial charge in [0, 0.05) is 7.05 Å². The first-order valence-corrected chi connectivity index (χ1v) is 6.17. The summed E-state index contributed by atoms with van der Waals surface area (Å²) in [6, 6.07) is 5.55. The zero-order valence-corrected chi connectivity index (χ0v) is 10.9. The highest BCUT2D eigenvalue weighted by Gasteiger charge is 2.45. The highest BCUT2D eigenvalue weighted by atomic mass is 16.5. The Labute approximate surface area is 111 Å². The van der Waals surface area contributed by atoms with Crippen LogP contribution >= 0.6 is 0 Å². The van der Waals surface area contributed by atoms with Crippen molar-refractivity contribution in [2.45, 2.75) is 12.3 Å². The van der Waals surface area contributed by atoms with E-state index >= 15 is 0 Å². The van der Waals surface area contributed by atoms with E-state index < -0.39 is 5.41 Å². The zero-order chi connectivity index (χ0) is 13.6. The summed E-state index contributed by atoms with van der Waals surface area (Å²) in [5.41, 5.74) is 1.03. The third-order valence-corrected chi connectivity index (χ3v) is 3.97. The number of ether oxygens (including phenoxy) is 2. The first-order valence-electron chi connectivity index (χ1n) is 6.17. The fraction of sp³-hybridized carbons (Fsp3) is 0.429. The zero-order valence-electron chi connectivity index (χ0n) is 10.9. The molecule has 0 saturated carbocycles. The Balaban J connectivity index is 2.06.